The van der Waals surface area contributed by atoms with E-state index >= 15 is 0 Å². The van der Waals surface area contributed by atoms with Crippen molar-refractivity contribution < 1.29 is 4.74 Å². The predicted molar refractivity (Wildman–Crippen MR) is 48.6 cm³/mol. The first-order valence-corrected chi connectivity index (χ1v) is 4.94. The van der Waals surface area contributed by atoms with Gasteiger partial charge in [0.1, 0.15) is 0 Å². The largest absolute Gasteiger partial charge is 0.501 e. The first-order valence-electron chi connectivity index (χ1n) is 4.94. The Balaban J connectivity index is 1.93. The molecule has 0 saturated heterocycles. The molecule has 1 heterocycles. The lowest BCUT2D eigenvalue weighted by molar-refractivity contribution is 0.281. The highest BCUT2D eigenvalue weighted by atomic mass is 16.5. The van der Waals surface area contributed by atoms with Gasteiger partial charge in [0, 0.05) is 12.5 Å². The standard InChI is InChI=1S/C10H17NO/c11-10(8-3-1-2-4-8)9-5-6-12-7-9/h7-8,10H,1-6,11H2. The van der Waals surface area contributed by atoms with Crippen LogP contribution in [0.2, 0.25) is 0 Å². The molecule has 0 amide bonds. The van der Waals surface area contributed by atoms with Gasteiger partial charge in [0.2, 0.25) is 0 Å². The summed E-state index contributed by atoms with van der Waals surface area (Å²) in [5.41, 5.74) is 7.47. The summed E-state index contributed by atoms with van der Waals surface area (Å²) in [5, 5.41) is 0. The van der Waals surface area contributed by atoms with Crippen molar-refractivity contribution >= 4 is 0 Å². The second-order valence-corrected chi connectivity index (χ2v) is 3.88. The molecule has 12 heavy (non-hydrogen) atoms. The molecule has 1 saturated carbocycles. The molecular formula is C10H17NO. The number of hydrogen-bond donors (Lipinski definition) is 1. The van der Waals surface area contributed by atoms with E-state index in [1.54, 1.807) is 0 Å². The van der Waals surface area contributed by atoms with E-state index in [4.69, 9.17) is 10.5 Å². The Labute approximate surface area is 73.8 Å². The van der Waals surface area contributed by atoms with Crippen molar-refractivity contribution in [3.63, 3.8) is 0 Å². The van der Waals surface area contributed by atoms with Gasteiger partial charge in [-0.15, -0.1) is 0 Å². The van der Waals surface area contributed by atoms with Gasteiger partial charge < -0.3 is 10.5 Å². The average molecular weight is 167 g/mol. The van der Waals surface area contributed by atoms with Crippen molar-refractivity contribution in [2.24, 2.45) is 11.7 Å². The molecule has 1 aliphatic carbocycles. The van der Waals surface area contributed by atoms with Gasteiger partial charge in [-0.2, -0.15) is 0 Å². The Morgan fingerprint density at radius 2 is 2.17 bits per heavy atom. The van der Waals surface area contributed by atoms with Crippen LogP contribution in [0.1, 0.15) is 32.1 Å². The van der Waals surface area contributed by atoms with Crippen LogP contribution in [0, 0.1) is 5.92 Å². The van der Waals surface area contributed by atoms with E-state index in [0.717, 1.165) is 18.9 Å². The Morgan fingerprint density at radius 3 is 2.75 bits per heavy atom. The number of hydrogen-bond acceptors (Lipinski definition) is 2. The highest BCUT2D eigenvalue weighted by molar-refractivity contribution is 5.12. The predicted octanol–water partition coefficient (Wildman–Crippen LogP) is 1.81. The van der Waals surface area contributed by atoms with Gasteiger partial charge >= 0.3 is 0 Å². The van der Waals surface area contributed by atoms with Crippen molar-refractivity contribution in [1.82, 2.24) is 0 Å². The zero-order chi connectivity index (χ0) is 8.39. The topological polar surface area (TPSA) is 35.2 Å². The molecule has 1 fully saturated rings. The average Bonchev–Trinajstić information content (AvgIpc) is 2.77. The van der Waals surface area contributed by atoms with E-state index in [-0.39, 0.29) is 6.04 Å². The van der Waals surface area contributed by atoms with E-state index in [9.17, 15) is 0 Å². The molecule has 0 aromatic rings. The Bertz CT molecular complexity index is 182. The third kappa shape index (κ3) is 1.48. The summed E-state index contributed by atoms with van der Waals surface area (Å²) >= 11 is 0. The highest BCUT2D eigenvalue weighted by Gasteiger charge is 2.26. The molecule has 2 rings (SSSR count). The maximum absolute atomic E-state index is 6.14. The lowest BCUT2D eigenvalue weighted by Gasteiger charge is -2.18. The van der Waals surface area contributed by atoms with Gasteiger partial charge in [-0.25, -0.2) is 0 Å². The molecule has 1 atom stereocenters. The van der Waals surface area contributed by atoms with Gasteiger partial charge in [-0.3, -0.25) is 0 Å². The van der Waals surface area contributed by atoms with Crippen LogP contribution in [0.5, 0.6) is 0 Å². The van der Waals surface area contributed by atoms with E-state index in [2.05, 4.69) is 0 Å². The molecule has 2 nitrogen and oxygen atoms in total. The highest BCUT2D eigenvalue weighted by Crippen LogP contribution is 2.31. The van der Waals surface area contributed by atoms with Crippen LogP contribution in [-0.2, 0) is 4.74 Å². The maximum Gasteiger partial charge on any atom is 0.0912 e. The summed E-state index contributed by atoms with van der Waals surface area (Å²) in [4.78, 5) is 0. The fraction of sp³-hybridized carbons (Fsp3) is 0.800. The summed E-state index contributed by atoms with van der Waals surface area (Å²) < 4.78 is 5.20. The SMILES string of the molecule is NC(C1=COCC1)C1CCCC1. The third-order valence-corrected chi connectivity index (χ3v) is 3.08. The Hall–Kier alpha value is -0.500. The third-order valence-electron chi connectivity index (χ3n) is 3.08. The van der Waals surface area contributed by atoms with Crippen molar-refractivity contribution in [3.8, 4) is 0 Å². The molecule has 2 N–H and O–H groups in total. The number of nitrogens with two attached hydrogens (primary N) is 1. The lowest BCUT2D eigenvalue weighted by Crippen LogP contribution is -2.30. The molecule has 68 valence electrons. The van der Waals surface area contributed by atoms with E-state index in [1.165, 1.54) is 31.3 Å². The van der Waals surface area contributed by atoms with Crippen LogP contribution in [0.4, 0.5) is 0 Å². The summed E-state index contributed by atoms with van der Waals surface area (Å²) in [7, 11) is 0. The van der Waals surface area contributed by atoms with Crippen molar-refractivity contribution in [2.45, 2.75) is 38.1 Å². The lowest BCUT2D eigenvalue weighted by atomic mass is 9.92. The molecule has 0 radical (unpaired) electrons. The molecule has 1 unspecified atom stereocenters. The molecule has 0 aromatic heterocycles. The zero-order valence-electron chi connectivity index (χ0n) is 7.46. The molecular weight excluding hydrogens is 150 g/mol. The van der Waals surface area contributed by atoms with Crippen LogP contribution in [0.3, 0.4) is 0 Å². The summed E-state index contributed by atoms with van der Waals surface area (Å²) in [6.45, 7) is 0.843. The minimum atomic E-state index is 0.287. The van der Waals surface area contributed by atoms with Gasteiger partial charge in [-0.1, -0.05) is 12.8 Å². The molecule has 2 aliphatic rings. The Morgan fingerprint density at radius 1 is 1.42 bits per heavy atom. The number of ether oxygens (including phenoxy) is 1. The number of rotatable bonds is 2. The molecule has 0 spiro atoms. The fourth-order valence-corrected chi connectivity index (χ4v) is 2.27. The molecule has 0 aromatic carbocycles. The van der Waals surface area contributed by atoms with Crippen LogP contribution in [0.15, 0.2) is 11.8 Å². The van der Waals surface area contributed by atoms with Crippen LogP contribution in [-0.4, -0.2) is 12.6 Å². The molecule has 1 aliphatic heterocycles. The van der Waals surface area contributed by atoms with E-state index < -0.39 is 0 Å². The summed E-state index contributed by atoms with van der Waals surface area (Å²) in [6, 6.07) is 0.287. The smallest absolute Gasteiger partial charge is 0.0912 e. The van der Waals surface area contributed by atoms with Crippen LogP contribution < -0.4 is 5.73 Å². The van der Waals surface area contributed by atoms with Crippen molar-refractivity contribution in [2.75, 3.05) is 6.61 Å². The summed E-state index contributed by atoms with van der Waals surface area (Å²) in [6.07, 6.45) is 8.30. The monoisotopic (exact) mass is 167 g/mol. The van der Waals surface area contributed by atoms with E-state index in [0.29, 0.717) is 0 Å². The fourth-order valence-electron chi connectivity index (χ4n) is 2.27. The molecule has 0 bridgehead atoms. The van der Waals surface area contributed by atoms with Gasteiger partial charge in [0.05, 0.1) is 12.9 Å². The van der Waals surface area contributed by atoms with Gasteiger partial charge in [0.15, 0.2) is 0 Å². The maximum atomic E-state index is 6.14. The molecule has 2 heteroatoms. The van der Waals surface area contributed by atoms with Crippen LogP contribution >= 0.6 is 0 Å². The summed E-state index contributed by atoms with van der Waals surface area (Å²) in [5.74, 6) is 0.734. The van der Waals surface area contributed by atoms with Gasteiger partial charge in [-0.05, 0) is 24.3 Å². The second kappa shape index (κ2) is 3.48. The Kier molecular flexibility index (Phi) is 2.35. The van der Waals surface area contributed by atoms with Crippen molar-refractivity contribution in [1.29, 1.82) is 0 Å². The van der Waals surface area contributed by atoms with Gasteiger partial charge in [0.25, 0.3) is 0 Å². The first kappa shape index (κ1) is 8.11. The van der Waals surface area contributed by atoms with E-state index in [1.807, 2.05) is 6.26 Å². The quantitative estimate of drug-likeness (QED) is 0.680. The van der Waals surface area contributed by atoms with Crippen molar-refractivity contribution in [3.05, 3.63) is 11.8 Å². The second-order valence-electron chi connectivity index (χ2n) is 3.88. The minimum Gasteiger partial charge on any atom is -0.501 e. The first-order chi connectivity index (χ1) is 5.88. The minimum absolute atomic E-state index is 0.287. The zero-order valence-corrected chi connectivity index (χ0v) is 7.46. The normalized spacial score (nSPS) is 26.9. The van der Waals surface area contributed by atoms with Crippen LogP contribution in [0.25, 0.3) is 0 Å².